The van der Waals surface area contributed by atoms with Crippen LogP contribution in [0.1, 0.15) is 5.76 Å². The molecule has 0 aliphatic heterocycles. The molecular formula is C5H5FO2. The Hall–Kier alpha value is -0.990. The minimum absolute atomic E-state index is 0.0949. The van der Waals surface area contributed by atoms with E-state index in [1.165, 1.54) is 6.07 Å². The Labute approximate surface area is 45.8 Å². The summed E-state index contributed by atoms with van der Waals surface area (Å²) in [6.07, 6.45) is 0. The highest BCUT2D eigenvalue weighted by Crippen LogP contribution is 2.14. The van der Waals surface area contributed by atoms with Crippen molar-refractivity contribution in [2.24, 2.45) is 0 Å². The van der Waals surface area contributed by atoms with Gasteiger partial charge in [-0.1, -0.05) is 0 Å². The Morgan fingerprint density at radius 3 is 2.62 bits per heavy atom. The summed E-state index contributed by atoms with van der Waals surface area (Å²) in [6, 6.07) is 3.03. The second-order valence-corrected chi connectivity index (χ2v) is 1.44. The number of aryl methyl sites for hydroxylation is 1. The SMILES string of the molecule is Cc1ccc(OF)o1. The first-order valence-electron chi connectivity index (χ1n) is 2.18. The summed E-state index contributed by atoms with van der Waals surface area (Å²) >= 11 is 0. The molecule has 0 aliphatic carbocycles. The minimum Gasteiger partial charge on any atom is -0.429 e. The van der Waals surface area contributed by atoms with Gasteiger partial charge in [-0.3, -0.25) is 4.94 Å². The number of hydrogen-bond donors (Lipinski definition) is 0. The molecule has 0 atom stereocenters. The molecule has 1 heterocycles. The van der Waals surface area contributed by atoms with Crippen LogP contribution < -0.4 is 4.94 Å². The zero-order valence-corrected chi connectivity index (χ0v) is 4.35. The average molecular weight is 116 g/mol. The molecule has 0 aromatic carbocycles. The topological polar surface area (TPSA) is 22.4 Å². The highest BCUT2D eigenvalue weighted by Gasteiger charge is 1.95. The lowest BCUT2D eigenvalue weighted by atomic mass is 10.5. The summed E-state index contributed by atoms with van der Waals surface area (Å²) < 4.78 is 15.8. The smallest absolute Gasteiger partial charge is 0.328 e. The largest absolute Gasteiger partial charge is 0.429 e. The van der Waals surface area contributed by atoms with Crippen molar-refractivity contribution in [3.8, 4) is 5.95 Å². The molecule has 1 aromatic heterocycles. The van der Waals surface area contributed by atoms with Gasteiger partial charge in [0.05, 0.1) is 0 Å². The summed E-state index contributed by atoms with van der Waals surface area (Å²) in [7, 11) is 0. The van der Waals surface area contributed by atoms with E-state index in [9.17, 15) is 4.53 Å². The van der Waals surface area contributed by atoms with Gasteiger partial charge in [0.25, 0.3) is 0 Å². The molecule has 1 aromatic rings. The summed E-state index contributed by atoms with van der Waals surface area (Å²) in [5, 5.41) is 0. The molecule has 0 aliphatic rings. The molecule has 0 saturated carbocycles. The van der Waals surface area contributed by atoms with Gasteiger partial charge in [-0.15, -0.1) is 0 Å². The van der Waals surface area contributed by atoms with Gasteiger partial charge in [-0.2, -0.15) is 0 Å². The fourth-order valence-corrected chi connectivity index (χ4v) is 0.454. The molecule has 2 nitrogen and oxygen atoms in total. The van der Waals surface area contributed by atoms with Gasteiger partial charge in [-0.25, -0.2) is 0 Å². The van der Waals surface area contributed by atoms with E-state index in [2.05, 4.69) is 9.36 Å². The first-order valence-corrected chi connectivity index (χ1v) is 2.18. The van der Waals surface area contributed by atoms with E-state index in [4.69, 9.17) is 0 Å². The van der Waals surface area contributed by atoms with Gasteiger partial charge in [0.1, 0.15) is 5.76 Å². The van der Waals surface area contributed by atoms with Crippen LogP contribution in [0.15, 0.2) is 16.5 Å². The molecule has 3 heteroatoms. The maximum atomic E-state index is 11.1. The van der Waals surface area contributed by atoms with Gasteiger partial charge in [-0.05, 0) is 13.0 Å². The van der Waals surface area contributed by atoms with Gasteiger partial charge in [0.15, 0.2) is 0 Å². The van der Waals surface area contributed by atoms with E-state index < -0.39 is 0 Å². The van der Waals surface area contributed by atoms with Crippen LogP contribution in [0.5, 0.6) is 5.95 Å². The van der Waals surface area contributed by atoms with Crippen LogP contribution >= 0.6 is 0 Å². The van der Waals surface area contributed by atoms with Gasteiger partial charge in [0.2, 0.25) is 0 Å². The van der Waals surface area contributed by atoms with E-state index in [-0.39, 0.29) is 5.95 Å². The van der Waals surface area contributed by atoms with Gasteiger partial charge >= 0.3 is 5.95 Å². The fourth-order valence-electron chi connectivity index (χ4n) is 0.454. The molecule has 0 unspecified atom stereocenters. The molecule has 0 fully saturated rings. The molecular weight excluding hydrogens is 111 g/mol. The third-order valence-corrected chi connectivity index (χ3v) is 0.792. The van der Waals surface area contributed by atoms with Crippen LogP contribution in [0.3, 0.4) is 0 Å². The lowest BCUT2D eigenvalue weighted by molar-refractivity contribution is -0.0329. The van der Waals surface area contributed by atoms with Crippen molar-refractivity contribution >= 4 is 0 Å². The maximum absolute atomic E-state index is 11.1. The minimum atomic E-state index is -0.0949. The van der Waals surface area contributed by atoms with Crippen molar-refractivity contribution in [1.82, 2.24) is 0 Å². The molecule has 0 saturated heterocycles. The van der Waals surface area contributed by atoms with Crippen molar-refractivity contribution in [2.75, 3.05) is 0 Å². The third kappa shape index (κ3) is 0.804. The predicted molar refractivity (Wildman–Crippen MR) is 25.2 cm³/mol. The van der Waals surface area contributed by atoms with Crippen LogP contribution in [-0.4, -0.2) is 0 Å². The summed E-state index contributed by atoms with van der Waals surface area (Å²) in [5.74, 6) is 0.542. The second kappa shape index (κ2) is 1.86. The number of hydrogen-bond acceptors (Lipinski definition) is 2. The summed E-state index contributed by atoms with van der Waals surface area (Å²) in [4.78, 5) is 3.27. The van der Waals surface area contributed by atoms with Gasteiger partial charge < -0.3 is 4.42 Å². The van der Waals surface area contributed by atoms with Crippen molar-refractivity contribution in [1.29, 1.82) is 0 Å². The van der Waals surface area contributed by atoms with Crippen molar-refractivity contribution in [3.05, 3.63) is 17.9 Å². The molecule has 0 amide bonds. The average Bonchev–Trinajstić information content (AvgIpc) is 2.14. The summed E-state index contributed by atoms with van der Waals surface area (Å²) in [6.45, 7) is 1.71. The molecule has 0 radical (unpaired) electrons. The van der Waals surface area contributed by atoms with E-state index in [1.54, 1.807) is 13.0 Å². The maximum Gasteiger partial charge on any atom is 0.328 e. The Morgan fingerprint density at radius 2 is 2.38 bits per heavy atom. The van der Waals surface area contributed by atoms with E-state index in [1.807, 2.05) is 0 Å². The highest BCUT2D eigenvalue weighted by atomic mass is 19.3. The molecule has 0 spiro atoms. The van der Waals surface area contributed by atoms with Crippen molar-refractivity contribution in [3.63, 3.8) is 0 Å². The van der Waals surface area contributed by atoms with Gasteiger partial charge in [0, 0.05) is 10.6 Å². The third-order valence-electron chi connectivity index (χ3n) is 0.792. The first kappa shape index (κ1) is 5.15. The van der Waals surface area contributed by atoms with Crippen LogP contribution in [-0.2, 0) is 0 Å². The Kier molecular flexibility index (Phi) is 1.20. The lowest BCUT2D eigenvalue weighted by Gasteiger charge is -1.80. The molecule has 0 N–H and O–H groups in total. The van der Waals surface area contributed by atoms with Crippen molar-refractivity contribution < 1.29 is 13.9 Å². The Morgan fingerprint density at radius 1 is 1.62 bits per heavy atom. The number of furan rings is 1. The normalized spacial score (nSPS) is 9.25. The molecule has 0 bridgehead atoms. The van der Waals surface area contributed by atoms with Crippen LogP contribution in [0.2, 0.25) is 0 Å². The zero-order valence-electron chi connectivity index (χ0n) is 4.35. The molecule has 1 rings (SSSR count). The molecule has 8 heavy (non-hydrogen) atoms. The van der Waals surface area contributed by atoms with E-state index in [0.717, 1.165) is 0 Å². The standard InChI is InChI=1S/C5H5FO2/c1-4-2-3-5(7-4)8-6/h2-3H,1H3. The Bertz CT molecular complexity index is 171. The lowest BCUT2D eigenvalue weighted by Crippen LogP contribution is -1.66. The quantitative estimate of drug-likeness (QED) is 0.558. The van der Waals surface area contributed by atoms with Crippen LogP contribution in [0.25, 0.3) is 0 Å². The van der Waals surface area contributed by atoms with Crippen molar-refractivity contribution in [2.45, 2.75) is 6.92 Å². The zero-order chi connectivity index (χ0) is 5.98. The highest BCUT2D eigenvalue weighted by molar-refractivity contribution is 5.09. The van der Waals surface area contributed by atoms with E-state index >= 15 is 0 Å². The number of rotatable bonds is 1. The fraction of sp³-hybridized carbons (Fsp3) is 0.200. The second-order valence-electron chi connectivity index (χ2n) is 1.44. The van der Waals surface area contributed by atoms with E-state index in [0.29, 0.717) is 5.76 Å². The Balaban J connectivity index is 2.84. The monoisotopic (exact) mass is 116 g/mol. The summed E-state index contributed by atoms with van der Waals surface area (Å²) in [5.41, 5.74) is 0. The number of halogens is 1. The predicted octanol–water partition coefficient (Wildman–Crippen LogP) is 1.85. The van der Waals surface area contributed by atoms with Crippen LogP contribution in [0.4, 0.5) is 4.53 Å². The molecule has 44 valence electrons. The first-order chi connectivity index (χ1) is 3.83. The van der Waals surface area contributed by atoms with Crippen LogP contribution in [0, 0.1) is 6.92 Å².